The van der Waals surface area contributed by atoms with Crippen LogP contribution in [0.1, 0.15) is 18.9 Å². The molecule has 3 N–H and O–H groups in total. The van der Waals surface area contributed by atoms with Gasteiger partial charge in [0.25, 0.3) is 0 Å². The van der Waals surface area contributed by atoms with Crippen molar-refractivity contribution < 1.29 is 14.3 Å². The summed E-state index contributed by atoms with van der Waals surface area (Å²) in [6.45, 7) is 2.42. The Morgan fingerprint density at radius 1 is 1.45 bits per heavy atom. The zero-order valence-electron chi connectivity index (χ0n) is 11.6. The Hall–Kier alpha value is -1.27. The second-order valence-corrected chi connectivity index (χ2v) is 5.56. The second kappa shape index (κ2) is 9.61. The van der Waals surface area contributed by atoms with E-state index < -0.39 is 0 Å². The normalized spacial score (nSPS) is 11.9. The molecule has 0 aliphatic carbocycles. The number of urea groups is 1. The molecular weight excluding hydrogens is 279 g/mol. The molecule has 0 saturated carbocycles. The molecule has 4 nitrogen and oxygen atoms in total. The van der Waals surface area contributed by atoms with Crippen molar-refractivity contribution in [1.29, 1.82) is 0 Å². The Labute approximate surface area is 123 Å². The van der Waals surface area contributed by atoms with Gasteiger partial charge in [-0.25, -0.2) is 9.18 Å². The maximum atomic E-state index is 13.3. The van der Waals surface area contributed by atoms with E-state index in [9.17, 15) is 9.18 Å². The van der Waals surface area contributed by atoms with Gasteiger partial charge in [-0.1, -0.05) is 18.2 Å². The van der Waals surface area contributed by atoms with Gasteiger partial charge in [0, 0.05) is 30.7 Å². The summed E-state index contributed by atoms with van der Waals surface area (Å²) < 4.78 is 13.3. The highest BCUT2D eigenvalue weighted by molar-refractivity contribution is 7.98. The first kappa shape index (κ1) is 16.8. The fourth-order valence-electron chi connectivity index (χ4n) is 1.57. The van der Waals surface area contributed by atoms with Crippen LogP contribution in [0.25, 0.3) is 0 Å². The lowest BCUT2D eigenvalue weighted by molar-refractivity contribution is 0.231. The van der Waals surface area contributed by atoms with E-state index in [1.54, 1.807) is 23.9 Å². The predicted molar refractivity (Wildman–Crippen MR) is 80.3 cm³/mol. The van der Waals surface area contributed by atoms with E-state index >= 15 is 0 Å². The van der Waals surface area contributed by atoms with Gasteiger partial charge in [0.1, 0.15) is 5.82 Å². The van der Waals surface area contributed by atoms with Crippen molar-refractivity contribution in [2.24, 2.45) is 0 Å². The number of thioether (sulfide) groups is 1. The van der Waals surface area contributed by atoms with Crippen LogP contribution in [0.4, 0.5) is 9.18 Å². The number of amides is 2. The van der Waals surface area contributed by atoms with Crippen molar-refractivity contribution >= 4 is 17.8 Å². The minimum absolute atomic E-state index is 0.0499. The zero-order valence-corrected chi connectivity index (χ0v) is 12.4. The number of nitrogens with one attached hydrogen (secondary N) is 2. The number of carbonyl (C=O) groups is 1. The lowest BCUT2D eigenvalue weighted by Crippen LogP contribution is -2.41. The first-order valence-electron chi connectivity index (χ1n) is 6.60. The fraction of sp³-hybridized carbons (Fsp3) is 0.500. The molecular formula is C14H21FN2O2S. The molecule has 6 heteroatoms. The van der Waals surface area contributed by atoms with Crippen LogP contribution < -0.4 is 10.6 Å². The van der Waals surface area contributed by atoms with E-state index in [2.05, 4.69) is 10.6 Å². The van der Waals surface area contributed by atoms with Crippen LogP contribution >= 0.6 is 11.8 Å². The van der Waals surface area contributed by atoms with Crippen LogP contribution in [-0.2, 0) is 5.75 Å². The van der Waals surface area contributed by atoms with Crippen molar-refractivity contribution in [3.05, 3.63) is 35.6 Å². The standard InChI is InChI=1S/C14H21FN2O2S/c1-11(6-8-18)17-14(19)16-7-9-20-10-12-4-2-3-5-13(12)15/h2-5,11,18H,6-10H2,1H3,(H2,16,17,19)/t11-/m1/s1. The highest BCUT2D eigenvalue weighted by atomic mass is 32.2. The largest absolute Gasteiger partial charge is 0.396 e. The van der Waals surface area contributed by atoms with Gasteiger partial charge in [0.15, 0.2) is 0 Å². The van der Waals surface area contributed by atoms with E-state index in [0.717, 1.165) is 5.75 Å². The maximum absolute atomic E-state index is 13.3. The SMILES string of the molecule is C[C@H](CCO)NC(=O)NCCSCc1ccccc1F. The van der Waals surface area contributed by atoms with E-state index in [1.807, 2.05) is 13.0 Å². The van der Waals surface area contributed by atoms with Crippen LogP contribution in [0.3, 0.4) is 0 Å². The minimum Gasteiger partial charge on any atom is -0.396 e. The van der Waals surface area contributed by atoms with Crippen LogP contribution in [0.15, 0.2) is 24.3 Å². The number of benzene rings is 1. The molecule has 1 aromatic rings. The molecule has 2 amide bonds. The van der Waals surface area contributed by atoms with Gasteiger partial charge < -0.3 is 15.7 Å². The third kappa shape index (κ3) is 6.77. The molecule has 0 aliphatic rings. The van der Waals surface area contributed by atoms with Gasteiger partial charge in [-0.15, -0.1) is 0 Å². The smallest absolute Gasteiger partial charge is 0.315 e. The molecule has 0 unspecified atom stereocenters. The molecule has 0 fully saturated rings. The Morgan fingerprint density at radius 2 is 2.20 bits per heavy atom. The molecule has 1 rings (SSSR count). The molecule has 0 saturated heterocycles. The number of hydrogen-bond acceptors (Lipinski definition) is 3. The first-order valence-corrected chi connectivity index (χ1v) is 7.75. The molecule has 112 valence electrons. The Morgan fingerprint density at radius 3 is 2.90 bits per heavy atom. The number of aliphatic hydroxyl groups excluding tert-OH is 1. The van der Waals surface area contributed by atoms with Crippen LogP contribution in [0.2, 0.25) is 0 Å². The Kier molecular flexibility index (Phi) is 8.06. The van der Waals surface area contributed by atoms with Gasteiger partial charge in [-0.3, -0.25) is 0 Å². The highest BCUT2D eigenvalue weighted by Gasteiger charge is 2.05. The highest BCUT2D eigenvalue weighted by Crippen LogP contribution is 2.14. The predicted octanol–water partition coefficient (Wildman–Crippen LogP) is 2.13. The fourth-order valence-corrected chi connectivity index (χ4v) is 2.42. The van der Waals surface area contributed by atoms with Crippen molar-refractivity contribution in [3.8, 4) is 0 Å². The quantitative estimate of drug-likeness (QED) is 0.645. The summed E-state index contributed by atoms with van der Waals surface area (Å²) in [5, 5.41) is 14.2. The van der Waals surface area contributed by atoms with E-state index in [1.165, 1.54) is 6.07 Å². The molecule has 0 bridgehead atoms. The number of aliphatic hydroxyl groups is 1. The van der Waals surface area contributed by atoms with Crippen molar-refractivity contribution in [3.63, 3.8) is 0 Å². The lowest BCUT2D eigenvalue weighted by atomic mass is 10.2. The topological polar surface area (TPSA) is 61.4 Å². The third-order valence-electron chi connectivity index (χ3n) is 2.69. The van der Waals surface area contributed by atoms with Gasteiger partial charge in [-0.05, 0) is 25.0 Å². The number of hydrogen-bond donors (Lipinski definition) is 3. The number of halogens is 1. The summed E-state index contributed by atoms with van der Waals surface area (Å²) in [4.78, 5) is 11.4. The molecule has 1 atom stereocenters. The average molecular weight is 300 g/mol. The monoisotopic (exact) mass is 300 g/mol. The summed E-state index contributed by atoms with van der Waals surface area (Å²) >= 11 is 1.57. The van der Waals surface area contributed by atoms with Gasteiger partial charge >= 0.3 is 6.03 Å². The Balaban J connectivity index is 2.10. The summed E-state index contributed by atoms with van der Waals surface area (Å²) in [6, 6.07) is 6.41. The van der Waals surface area contributed by atoms with Crippen molar-refractivity contribution in [1.82, 2.24) is 10.6 Å². The van der Waals surface area contributed by atoms with Crippen LogP contribution in [0.5, 0.6) is 0 Å². The summed E-state index contributed by atoms with van der Waals surface area (Å²) in [5.74, 6) is 1.12. The zero-order chi connectivity index (χ0) is 14.8. The lowest BCUT2D eigenvalue weighted by Gasteiger charge is -2.13. The molecule has 0 aromatic heterocycles. The second-order valence-electron chi connectivity index (χ2n) is 4.46. The molecule has 20 heavy (non-hydrogen) atoms. The molecule has 0 radical (unpaired) electrons. The van der Waals surface area contributed by atoms with Gasteiger partial charge in [0.2, 0.25) is 0 Å². The van der Waals surface area contributed by atoms with E-state index in [4.69, 9.17) is 5.11 Å². The van der Waals surface area contributed by atoms with Crippen LogP contribution in [0, 0.1) is 5.82 Å². The molecule has 0 heterocycles. The summed E-state index contributed by atoms with van der Waals surface area (Å²) in [7, 11) is 0. The van der Waals surface area contributed by atoms with Crippen LogP contribution in [-0.4, -0.2) is 36.1 Å². The van der Waals surface area contributed by atoms with E-state index in [-0.39, 0.29) is 24.5 Å². The minimum atomic E-state index is -0.238. The number of carbonyl (C=O) groups excluding carboxylic acids is 1. The summed E-state index contributed by atoms with van der Waals surface area (Å²) in [6.07, 6.45) is 0.537. The molecule has 0 aliphatic heterocycles. The Bertz CT molecular complexity index is 418. The summed E-state index contributed by atoms with van der Waals surface area (Å²) in [5.41, 5.74) is 0.679. The maximum Gasteiger partial charge on any atom is 0.315 e. The molecule has 1 aromatic carbocycles. The van der Waals surface area contributed by atoms with Gasteiger partial charge in [0.05, 0.1) is 0 Å². The number of rotatable bonds is 8. The van der Waals surface area contributed by atoms with E-state index in [0.29, 0.717) is 24.3 Å². The average Bonchev–Trinajstić information content (AvgIpc) is 2.40. The van der Waals surface area contributed by atoms with Crippen molar-refractivity contribution in [2.45, 2.75) is 25.1 Å². The first-order chi connectivity index (χ1) is 9.63. The van der Waals surface area contributed by atoms with Crippen molar-refractivity contribution in [2.75, 3.05) is 18.9 Å². The third-order valence-corrected chi connectivity index (χ3v) is 3.69. The van der Waals surface area contributed by atoms with Gasteiger partial charge in [-0.2, -0.15) is 11.8 Å². The molecule has 0 spiro atoms.